The van der Waals surface area contributed by atoms with Gasteiger partial charge >= 0.3 is 0 Å². The molecule has 0 spiro atoms. The highest BCUT2D eigenvalue weighted by molar-refractivity contribution is 9.10. The number of aromatic nitrogens is 1. The van der Waals surface area contributed by atoms with E-state index in [0.29, 0.717) is 0 Å². The van der Waals surface area contributed by atoms with E-state index in [-0.39, 0.29) is 10.2 Å². The van der Waals surface area contributed by atoms with E-state index in [4.69, 9.17) is 0 Å². The first-order valence-corrected chi connectivity index (χ1v) is 3.92. The summed E-state index contributed by atoms with van der Waals surface area (Å²) >= 11 is 2.90. The third-order valence-electron chi connectivity index (χ3n) is 1.41. The molecule has 0 unspecified atom stereocenters. The van der Waals surface area contributed by atoms with Gasteiger partial charge in [0.25, 0.3) is 6.43 Å². The lowest BCUT2D eigenvalue weighted by Gasteiger charge is -2.04. The molecule has 0 aromatic carbocycles. The van der Waals surface area contributed by atoms with Crippen LogP contribution in [0.5, 0.6) is 0 Å². The van der Waals surface area contributed by atoms with Crippen molar-refractivity contribution in [3.8, 4) is 0 Å². The molecule has 1 rings (SSSR count). The first-order valence-electron chi connectivity index (χ1n) is 3.13. The lowest BCUT2D eigenvalue weighted by Crippen LogP contribution is -1.98. The monoisotopic (exact) mass is 239 g/mol. The van der Waals surface area contributed by atoms with Gasteiger partial charge in [-0.05, 0) is 34.5 Å². The van der Waals surface area contributed by atoms with E-state index in [0.717, 1.165) is 0 Å². The zero-order chi connectivity index (χ0) is 9.30. The molecule has 0 radical (unpaired) electrons. The minimum absolute atomic E-state index is 0.198. The molecule has 0 atom stereocenters. The number of nitrogens with zero attached hydrogens (tertiary/aromatic N) is 1. The van der Waals surface area contributed by atoms with Crippen LogP contribution in [0.25, 0.3) is 0 Å². The Hall–Kier alpha value is -0.580. The van der Waals surface area contributed by atoms with Crippen LogP contribution in [0.4, 0.5) is 13.2 Å². The van der Waals surface area contributed by atoms with Crippen LogP contribution in [-0.2, 0) is 0 Å². The molecular weight excluding hydrogens is 235 g/mol. The maximum absolute atomic E-state index is 12.7. The van der Waals surface area contributed by atoms with E-state index in [9.17, 15) is 13.2 Å². The molecule has 0 fully saturated rings. The molecule has 0 aliphatic heterocycles. The van der Waals surface area contributed by atoms with Gasteiger partial charge in [-0.2, -0.15) is 4.39 Å². The van der Waals surface area contributed by atoms with Crippen molar-refractivity contribution in [1.82, 2.24) is 4.98 Å². The molecule has 1 heterocycles. The van der Waals surface area contributed by atoms with Crippen molar-refractivity contribution in [3.05, 3.63) is 27.7 Å². The molecule has 12 heavy (non-hydrogen) atoms. The van der Waals surface area contributed by atoms with E-state index in [1.807, 2.05) is 0 Å². The van der Waals surface area contributed by atoms with Crippen molar-refractivity contribution in [3.63, 3.8) is 0 Å². The number of alkyl halides is 2. The molecule has 5 heteroatoms. The average molecular weight is 240 g/mol. The minimum atomic E-state index is -2.81. The van der Waals surface area contributed by atoms with Crippen molar-refractivity contribution in [2.45, 2.75) is 13.3 Å². The average Bonchev–Trinajstić information content (AvgIpc) is 1.82. The van der Waals surface area contributed by atoms with Crippen molar-refractivity contribution >= 4 is 15.9 Å². The van der Waals surface area contributed by atoms with Gasteiger partial charge in [0.2, 0.25) is 5.95 Å². The van der Waals surface area contributed by atoms with Crippen molar-refractivity contribution in [1.29, 1.82) is 0 Å². The third kappa shape index (κ3) is 1.77. The number of hydrogen-bond donors (Lipinski definition) is 0. The minimum Gasteiger partial charge on any atom is -0.212 e. The number of pyridine rings is 1. The van der Waals surface area contributed by atoms with Gasteiger partial charge in [0, 0.05) is 0 Å². The van der Waals surface area contributed by atoms with Crippen LogP contribution in [0.1, 0.15) is 17.6 Å². The summed E-state index contributed by atoms with van der Waals surface area (Å²) < 4.78 is 37.2. The van der Waals surface area contributed by atoms with Crippen LogP contribution in [0.2, 0.25) is 0 Å². The lowest BCUT2D eigenvalue weighted by molar-refractivity contribution is 0.144. The summed E-state index contributed by atoms with van der Waals surface area (Å²) in [5, 5.41) is 0. The fraction of sp³-hybridized carbons (Fsp3) is 0.286. The third-order valence-corrected chi connectivity index (χ3v) is 1.81. The fourth-order valence-corrected chi connectivity index (χ4v) is 1.37. The van der Waals surface area contributed by atoms with Crippen LogP contribution in [0, 0.1) is 12.9 Å². The lowest BCUT2D eigenvalue weighted by atomic mass is 10.2. The zero-order valence-electron chi connectivity index (χ0n) is 6.11. The molecule has 0 bridgehead atoms. The van der Waals surface area contributed by atoms with E-state index in [1.165, 1.54) is 13.0 Å². The summed E-state index contributed by atoms with van der Waals surface area (Å²) in [6, 6.07) is 1.35. The maximum atomic E-state index is 12.7. The Labute approximate surface area is 75.7 Å². The molecule has 0 N–H and O–H groups in total. The fourth-order valence-electron chi connectivity index (χ4n) is 0.868. The Bertz CT molecular complexity index is 278. The Morgan fingerprint density at radius 2 is 2.08 bits per heavy atom. The summed E-state index contributed by atoms with van der Waals surface area (Å²) in [5.74, 6) is -1.11. The molecule has 1 aromatic rings. The largest absolute Gasteiger partial charge is 0.268 e. The zero-order valence-corrected chi connectivity index (χ0v) is 7.70. The van der Waals surface area contributed by atoms with E-state index < -0.39 is 17.9 Å². The molecule has 1 aromatic heterocycles. The highest BCUT2D eigenvalue weighted by atomic mass is 79.9. The van der Waals surface area contributed by atoms with E-state index in [2.05, 4.69) is 20.9 Å². The smallest absolute Gasteiger partial charge is 0.212 e. The summed E-state index contributed by atoms with van der Waals surface area (Å²) in [7, 11) is 0. The Kier molecular flexibility index (Phi) is 2.72. The molecule has 66 valence electrons. The quantitative estimate of drug-likeness (QED) is 0.686. The van der Waals surface area contributed by atoms with Crippen LogP contribution in [-0.4, -0.2) is 4.98 Å². The summed E-state index contributed by atoms with van der Waals surface area (Å²) in [6.07, 6.45) is -2.81. The maximum Gasteiger partial charge on any atom is 0.268 e. The highest BCUT2D eigenvalue weighted by Gasteiger charge is 2.17. The SMILES string of the molecule is Cc1cc(Br)nc(F)c1C(F)F. The van der Waals surface area contributed by atoms with Crippen LogP contribution in [0.3, 0.4) is 0 Å². The number of rotatable bonds is 1. The van der Waals surface area contributed by atoms with Gasteiger partial charge < -0.3 is 0 Å². The normalized spacial score (nSPS) is 10.8. The Morgan fingerprint density at radius 3 is 2.50 bits per heavy atom. The molecule has 0 saturated carbocycles. The van der Waals surface area contributed by atoms with Crippen LogP contribution < -0.4 is 0 Å². The first-order chi connectivity index (χ1) is 5.52. The standard InChI is InChI=1S/C7H5BrF3N/c1-3-2-4(8)12-7(11)5(3)6(9)10/h2,6H,1H3. The molecule has 0 amide bonds. The van der Waals surface area contributed by atoms with Crippen LogP contribution >= 0.6 is 15.9 Å². The Morgan fingerprint density at radius 1 is 1.50 bits per heavy atom. The van der Waals surface area contributed by atoms with E-state index in [1.54, 1.807) is 0 Å². The second kappa shape index (κ2) is 3.43. The molecular formula is C7H5BrF3N. The number of hydrogen-bond acceptors (Lipinski definition) is 1. The second-order valence-corrected chi connectivity index (χ2v) is 3.08. The van der Waals surface area contributed by atoms with Gasteiger partial charge in [0.1, 0.15) is 4.60 Å². The molecule has 0 aliphatic rings. The molecule has 0 saturated heterocycles. The van der Waals surface area contributed by atoms with Gasteiger partial charge in [-0.15, -0.1) is 0 Å². The topological polar surface area (TPSA) is 12.9 Å². The molecule has 0 aliphatic carbocycles. The summed E-state index contributed by atoms with van der Waals surface area (Å²) in [5.41, 5.74) is -0.428. The second-order valence-electron chi connectivity index (χ2n) is 2.27. The van der Waals surface area contributed by atoms with Crippen molar-refractivity contribution < 1.29 is 13.2 Å². The van der Waals surface area contributed by atoms with Crippen LogP contribution in [0.15, 0.2) is 10.7 Å². The van der Waals surface area contributed by atoms with Crippen molar-refractivity contribution in [2.24, 2.45) is 0 Å². The van der Waals surface area contributed by atoms with Crippen molar-refractivity contribution in [2.75, 3.05) is 0 Å². The van der Waals surface area contributed by atoms with Gasteiger partial charge in [-0.1, -0.05) is 0 Å². The number of aryl methyl sites for hydroxylation is 1. The van der Waals surface area contributed by atoms with Gasteiger partial charge in [-0.3, -0.25) is 0 Å². The highest BCUT2D eigenvalue weighted by Crippen LogP contribution is 2.26. The Balaban J connectivity index is 3.28. The number of halogens is 4. The van der Waals surface area contributed by atoms with E-state index >= 15 is 0 Å². The molecule has 1 nitrogen and oxygen atoms in total. The first kappa shape index (κ1) is 9.51. The predicted octanol–water partition coefficient (Wildman–Crippen LogP) is 3.23. The summed E-state index contributed by atoms with van der Waals surface area (Å²) in [4.78, 5) is 3.23. The van der Waals surface area contributed by atoms with Gasteiger partial charge in [0.05, 0.1) is 5.56 Å². The van der Waals surface area contributed by atoms with Gasteiger partial charge in [0.15, 0.2) is 0 Å². The summed E-state index contributed by atoms with van der Waals surface area (Å²) in [6.45, 7) is 1.41. The predicted molar refractivity (Wildman–Crippen MR) is 41.6 cm³/mol. The van der Waals surface area contributed by atoms with Gasteiger partial charge in [-0.25, -0.2) is 13.8 Å².